The third-order valence-electron chi connectivity index (χ3n) is 4.43. The lowest BCUT2D eigenvalue weighted by atomic mass is 10.2. The Labute approximate surface area is 200 Å². The van der Waals surface area contributed by atoms with Crippen molar-refractivity contribution in [1.82, 2.24) is 0 Å². The third kappa shape index (κ3) is 9.80. The van der Waals surface area contributed by atoms with Crippen LogP contribution in [0.5, 0.6) is 11.5 Å². The minimum Gasteiger partial charge on any atom is -0.491 e. The molecule has 8 nitrogen and oxygen atoms in total. The highest BCUT2D eigenvalue weighted by Gasteiger charge is 2.19. The maximum atomic E-state index is 12.3. The summed E-state index contributed by atoms with van der Waals surface area (Å²) >= 11 is 0. The predicted octanol–water partition coefficient (Wildman–Crippen LogP) is 6.04. The van der Waals surface area contributed by atoms with Gasteiger partial charge in [0.1, 0.15) is 11.5 Å². The Morgan fingerprint density at radius 1 is 0.676 bits per heavy atom. The molecule has 2 rings (SSSR count). The van der Waals surface area contributed by atoms with Crippen LogP contribution in [0.15, 0.2) is 48.5 Å². The molecule has 0 amide bonds. The Morgan fingerprint density at radius 3 is 1.44 bits per heavy atom. The normalized spacial score (nSPS) is 11.1. The summed E-state index contributed by atoms with van der Waals surface area (Å²) in [5.41, 5.74) is 0.563. The molecule has 0 aromatic heterocycles. The van der Waals surface area contributed by atoms with Crippen LogP contribution in [0.1, 0.15) is 81.0 Å². The van der Waals surface area contributed by atoms with Gasteiger partial charge in [0.25, 0.3) is 0 Å². The van der Waals surface area contributed by atoms with Gasteiger partial charge in [0, 0.05) is 6.42 Å². The van der Waals surface area contributed by atoms with E-state index >= 15 is 0 Å². The summed E-state index contributed by atoms with van der Waals surface area (Å²) in [6.45, 7) is 9.71. The van der Waals surface area contributed by atoms with Gasteiger partial charge in [-0.05, 0) is 82.6 Å². The van der Waals surface area contributed by atoms with Crippen molar-refractivity contribution in [2.45, 2.75) is 78.8 Å². The Kier molecular flexibility index (Phi) is 11.4. The third-order valence-corrected chi connectivity index (χ3v) is 4.43. The lowest BCUT2D eigenvalue weighted by molar-refractivity contribution is -0.421. The van der Waals surface area contributed by atoms with Crippen LogP contribution in [0.25, 0.3) is 0 Å². The molecular formula is C26H34O8. The smallest absolute Gasteiger partial charge is 0.373 e. The second-order valence-electron chi connectivity index (χ2n) is 8.24. The quantitative estimate of drug-likeness (QED) is 0.142. The van der Waals surface area contributed by atoms with Gasteiger partial charge in [-0.2, -0.15) is 0 Å². The van der Waals surface area contributed by atoms with Crippen molar-refractivity contribution in [2.75, 3.05) is 0 Å². The van der Waals surface area contributed by atoms with E-state index in [2.05, 4.69) is 6.92 Å². The van der Waals surface area contributed by atoms with Crippen LogP contribution < -0.4 is 9.47 Å². The number of ether oxygens (including phenoxy) is 2. The number of carbonyl (C=O) groups excluding carboxylic acids is 2. The summed E-state index contributed by atoms with van der Waals surface area (Å²) in [7, 11) is 0. The van der Waals surface area contributed by atoms with Crippen LogP contribution in [0, 0.1) is 0 Å². The minimum atomic E-state index is -1.06. The van der Waals surface area contributed by atoms with Crippen LogP contribution in [-0.2, 0) is 19.6 Å². The summed E-state index contributed by atoms with van der Waals surface area (Å²) in [5, 5.41) is 0. The number of hydrogen-bond donors (Lipinski definition) is 0. The van der Waals surface area contributed by atoms with Gasteiger partial charge >= 0.3 is 11.9 Å². The standard InChI is InChI=1S/C26H34O8/c1-6-7-8-9-24(31-33-25(27)20-10-14-22(15-11-20)29-18(2)3)32-34-26(28)21-12-16-23(17-13-21)30-19(4)5/h10-19,24H,6-9H2,1-5H3. The zero-order valence-corrected chi connectivity index (χ0v) is 20.4. The molecule has 0 spiro atoms. The van der Waals surface area contributed by atoms with Gasteiger partial charge in [0.05, 0.1) is 23.3 Å². The molecule has 2 aromatic rings. The molecule has 34 heavy (non-hydrogen) atoms. The maximum absolute atomic E-state index is 12.3. The van der Waals surface area contributed by atoms with Crippen LogP contribution >= 0.6 is 0 Å². The molecular weight excluding hydrogens is 440 g/mol. The highest BCUT2D eigenvalue weighted by atomic mass is 17.3. The molecule has 0 N–H and O–H groups in total. The van der Waals surface area contributed by atoms with E-state index in [9.17, 15) is 9.59 Å². The van der Waals surface area contributed by atoms with E-state index < -0.39 is 18.2 Å². The second-order valence-corrected chi connectivity index (χ2v) is 8.24. The molecule has 0 aliphatic heterocycles. The molecule has 0 saturated heterocycles. The monoisotopic (exact) mass is 474 g/mol. The van der Waals surface area contributed by atoms with Gasteiger partial charge in [-0.15, -0.1) is 9.78 Å². The van der Waals surface area contributed by atoms with Gasteiger partial charge in [-0.1, -0.05) is 19.8 Å². The van der Waals surface area contributed by atoms with Crippen molar-refractivity contribution in [2.24, 2.45) is 0 Å². The number of carbonyl (C=O) groups is 2. The first-order chi connectivity index (χ1) is 16.3. The lowest BCUT2D eigenvalue weighted by Crippen LogP contribution is -2.22. The molecule has 0 bridgehead atoms. The van der Waals surface area contributed by atoms with E-state index in [-0.39, 0.29) is 23.3 Å². The first-order valence-corrected chi connectivity index (χ1v) is 11.6. The predicted molar refractivity (Wildman–Crippen MR) is 125 cm³/mol. The minimum absolute atomic E-state index is 0.0242. The average Bonchev–Trinajstić information content (AvgIpc) is 2.80. The molecule has 0 saturated carbocycles. The van der Waals surface area contributed by atoms with Crippen molar-refractivity contribution in [3.05, 3.63) is 59.7 Å². The Balaban J connectivity index is 1.89. The SMILES string of the molecule is CCCCCC(OOC(=O)c1ccc(OC(C)C)cc1)OOC(=O)c1ccc(OC(C)C)cc1. The van der Waals surface area contributed by atoms with Crippen molar-refractivity contribution in [1.29, 1.82) is 0 Å². The summed E-state index contributed by atoms with van der Waals surface area (Å²) in [4.78, 5) is 44.8. The van der Waals surface area contributed by atoms with E-state index in [1.807, 2.05) is 27.7 Å². The van der Waals surface area contributed by atoms with Gasteiger partial charge in [-0.3, -0.25) is 9.78 Å². The van der Waals surface area contributed by atoms with E-state index in [4.69, 9.17) is 29.0 Å². The zero-order chi connectivity index (χ0) is 24.9. The first-order valence-electron chi connectivity index (χ1n) is 11.6. The average molecular weight is 475 g/mol. The fourth-order valence-electron chi connectivity index (χ4n) is 2.85. The summed E-state index contributed by atoms with van der Waals surface area (Å²) in [6.07, 6.45) is 1.98. The second kappa shape index (κ2) is 14.2. The van der Waals surface area contributed by atoms with Crippen LogP contribution in [0.2, 0.25) is 0 Å². The summed E-state index contributed by atoms with van der Waals surface area (Å²) in [6, 6.07) is 13.0. The molecule has 0 aliphatic carbocycles. The van der Waals surface area contributed by atoms with E-state index in [1.165, 1.54) is 0 Å². The Morgan fingerprint density at radius 2 is 1.09 bits per heavy atom. The van der Waals surface area contributed by atoms with Crippen molar-refractivity contribution in [3.63, 3.8) is 0 Å². The highest BCUT2D eigenvalue weighted by molar-refractivity contribution is 5.89. The number of unbranched alkanes of at least 4 members (excludes halogenated alkanes) is 2. The highest BCUT2D eigenvalue weighted by Crippen LogP contribution is 2.17. The molecule has 0 aliphatic rings. The molecule has 0 heterocycles. The van der Waals surface area contributed by atoms with Crippen molar-refractivity contribution >= 4 is 11.9 Å². The zero-order valence-electron chi connectivity index (χ0n) is 20.4. The molecule has 2 aromatic carbocycles. The van der Waals surface area contributed by atoms with Gasteiger partial charge in [0.15, 0.2) is 0 Å². The summed E-state index contributed by atoms with van der Waals surface area (Å²) in [5.74, 6) is -0.118. The van der Waals surface area contributed by atoms with Crippen LogP contribution in [-0.4, -0.2) is 30.4 Å². The van der Waals surface area contributed by atoms with Crippen LogP contribution in [0.4, 0.5) is 0 Å². The number of hydrogen-bond acceptors (Lipinski definition) is 8. The van der Waals surface area contributed by atoms with Crippen molar-refractivity contribution < 1.29 is 38.6 Å². The molecule has 8 heteroatoms. The lowest BCUT2D eigenvalue weighted by Gasteiger charge is -2.15. The fourth-order valence-corrected chi connectivity index (χ4v) is 2.85. The first kappa shape index (κ1) is 27.1. The molecule has 0 atom stereocenters. The van der Waals surface area contributed by atoms with Crippen LogP contribution in [0.3, 0.4) is 0 Å². The molecule has 0 fully saturated rings. The number of rotatable bonds is 14. The van der Waals surface area contributed by atoms with Crippen molar-refractivity contribution in [3.8, 4) is 11.5 Å². The van der Waals surface area contributed by atoms with E-state index in [0.717, 1.165) is 19.3 Å². The Hall–Kier alpha value is -3.10. The molecule has 0 unspecified atom stereocenters. The van der Waals surface area contributed by atoms with Gasteiger partial charge in [0.2, 0.25) is 6.29 Å². The maximum Gasteiger partial charge on any atom is 0.373 e. The summed E-state index contributed by atoms with van der Waals surface area (Å²) < 4.78 is 11.1. The topological polar surface area (TPSA) is 89.5 Å². The fraction of sp³-hybridized carbons (Fsp3) is 0.462. The van der Waals surface area contributed by atoms with Gasteiger partial charge in [-0.25, -0.2) is 9.59 Å². The largest absolute Gasteiger partial charge is 0.491 e. The van der Waals surface area contributed by atoms with E-state index in [0.29, 0.717) is 17.9 Å². The Bertz CT molecular complexity index is 805. The molecule has 0 radical (unpaired) electrons. The molecule has 186 valence electrons. The van der Waals surface area contributed by atoms with Gasteiger partial charge < -0.3 is 9.47 Å². The number of benzene rings is 2. The van der Waals surface area contributed by atoms with E-state index in [1.54, 1.807) is 48.5 Å².